The second-order valence-electron chi connectivity index (χ2n) is 2.92. The van der Waals surface area contributed by atoms with Crippen molar-refractivity contribution in [1.82, 2.24) is 14.4 Å². The quantitative estimate of drug-likeness (QED) is 0.560. The third kappa shape index (κ3) is 2.41. The van der Waals surface area contributed by atoms with Crippen molar-refractivity contribution in [3.8, 4) is 0 Å². The number of hydrogen-bond donors (Lipinski definition) is 0. The van der Waals surface area contributed by atoms with Gasteiger partial charge < -0.3 is 0 Å². The van der Waals surface area contributed by atoms with Gasteiger partial charge in [-0.15, -0.1) is 0 Å². The number of thioether (sulfide) groups is 1. The zero-order chi connectivity index (χ0) is 11.1. The first-order chi connectivity index (χ1) is 6.94. The molecule has 7 heteroatoms. The fourth-order valence-electron chi connectivity index (χ4n) is 1.18. The maximum absolute atomic E-state index is 12.0. The maximum Gasteiger partial charge on any atom is 0.447 e. The SMILES string of the molecule is Cc1cn2cnc(SC(F)(F)F)cc2n1. The second kappa shape index (κ2) is 3.41. The molecule has 0 aromatic carbocycles. The van der Waals surface area contributed by atoms with Crippen LogP contribution in [0.4, 0.5) is 13.2 Å². The summed E-state index contributed by atoms with van der Waals surface area (Å²) in [5.41, 5.74) is -3.10. The van der Waals surface area contributed by atoms with Crippen molar-refractivity contribution < 1.29 is 13.2 Å². The van der Waals surface area contributed by atoms with Gasteiger partial charge in [-0.3, -0.25) is 4.40 Å². The zero-order valence-electron chi connectivity index (χ0n) is 7.62. The predicted octanol–water partition coefficient (Wildman–Crippen LogP) is 2.65. The highest BCUT2D eigenvalue weighted by molar-refractivity contribution is 8.00. The number of aryl methyl sites for hydroxylation is 1. The van der Waals surface area contributed by atoms with E-state index in [1.165, 1.54) is 12.4 Å². The van der Waals surface area contributed by atoms with Gasteiger partial charge in [-0.25, -0.2) is 9.97 Å². The highest BCUT2D eigenvalue weighted by Gasteiger charge is 2.30. The predicted molar refractivity (Wildman–Crippen MR) is 49.6 cm³/mol. The molecule has 0 aliphatic heterocycles. The molecule has 0 saturated carbocycles. The number of alkyl halides is 3. The Hall–Kier alpha value is -1.24. The van der Waals surface area contributed by atoms with Gasteiger partial charge in [0.2, 0.25) is 0 Å². The molecular formula is C8H6F3N3S. The van der Waals surface area contributed by atoms with Gasteiger partial charge in [0, 0.05) is 24.0 Å². The summed E-state index contributed by atoms with van der Waals surface area (Å²) in [6, 6.07) is 1.31. The highest BCUT2D eigenvalue weighted by atomic mass is 32.2. The van der Waals surface area contributed by atoms with E-state index < -0.39 is 5.51 Å². The van der Waals surface area contributed by atoms with E-state index in [4.69, 9.17) is 0 Å². The van der Waals surface area contributed by atoms with Crippen molar-refractivity contribution in [3.63, 3.8) is 0 Å². The largest absolute Gasteiger partial charge is 0.447 e. The molecule has 0 amide bonds. The third-order valence-electron chi connectivity index (χ3n) is 1.66. The van der Waals surface area contributed by atoms with E-state index in [-0.39, 0.29) is 16.8 Å². The van der Waals surface area contributed by atoms with E-state index in [9.17, 15) is 13.2 Å². The van der Waals surface area contributed by atoms with E-state index in [0.29, 0.717) is 5.65 Å². The minimum absolute atomic E-state index is 0.0967. The van der Waals surface area contributed by atoms with Crippen LogP contribution in [0.2, 0.25) is 0 Å². The number of halogens is 3. The van der Waals surface area contributed by atoms with Crippen molar-refractivity contribution in [2.45, 2.75) is 17.5 Å². The molecule has 0 N–H and O–H groups in total. The topological polar surface area (TPSA) is 30.2 Å². The molecule has 2 aromatic rings. The van der Waals surface area contributed by atoms with E-state index in [1.54, 1.807) is 17.5 Å². The van der Waals surface area contributed by atoms with Crippen molar-refractivity contribution in [2.75, 3.05) is 0 Å². The number of imidazole rings is 1. The molecule has 2 heterocycles. The Kier molecular flexibility index (Phi) is 2.34. The fraction of sp³-hybridized carbons (Fsp3) is 0.250. The van der Waals surface area contributed by atoms with Crippen LogP contribution in [0.5, 0.6) is 0 Å². The molecule has 0 atom stereocenters. The van der Waals surface area contributed by atoms with Crippen LogP contribution in [0.25, 0.3) is 5.65 Å². The summed E-state index contributed by atoms with van der Waals surface area (Å²) in [6.07, 6.45) is 3.02. The first-order valence-electron chi connectivity index (χ1n) is 4.01. The molecule has 0 aliphatic carbocycles. The summed E-state index contributed by atoms with van der Waals surface area (Å²) in [6.45, 7) is 1.77. The van der Waals surface area contributed by atoms with Crippen LogP contribution >= 0.6 is 11.8 Å². The molecule has 2 aromatic heterocycles. The lowest BCUT2D eigenvalue weighted by Crippen LogP contribution is -2.00. The zero-order valence-corrected chi connectivity index (χ0v) is 8.43. The van der Waals surface area contributed by atoms with Gasteiger partial charge in [0.05, 0.1) is 5.69 Å². The van der Waals surface area contributed by atoms with E-state index in [2.05, 4.69) is 9.97 Å². The molecular weight excluding hydrogens is 227 g/mol. The monoisotopic (exact) mass is 233 g/mol. The van der Waals surface area contributed by atoms with Crippen LogP contribution in [0.1, 0.15) is 5.69 Å². The minimum Gasteiger partial charge on any atom is -0.290 e. The molecule has 0 spiro atoms. The van der Waals surface area contributed by atoms with E-state index in [1.807, 2.05) is 0 Å². The molecule has 80 valence electrons. The Labute approximate surface area is 87.3 Å². The number of rotatable bonds is 1. The van der Waals surface area contributed by atoms with Gasteiger partial charge in [-0.1, -0.05) is 0 Å². The first-order valence-corrected chi connectivity index (χ1v) is 4.83. The van der Waals surface area contributed by atoms with Crippen molar-refractivity contribution in [3.05, 3.63) is 24.3 Å². The Balaban J connectivity index is 2.38. The molecule has 0 unspecified atom stereocenters. The maximum atomic E-state index is 12.0. The molecule has 0 radical (unpaired) electrons. The van der Waals surface area contributed by atoms with Crippen LogP contribution in [0.15, 0.2) is 23.6 Å². The summed E-state index contributed by atoms with van der Waals surface area (Å²) >= 11 is -0.240. The number of fused-ring (bicyclic) bond motifs is 1. The lowest BCUT2D eigenvalue weighted by atomic mass is 10.6. The average molecular weight is 233 g/mol. The van der Waals surface area contributed by atoms with E-state index >= 15 is 0 Å². The van der Waals surface area contributed by atoms with Crippen molar-refractivity contribution in [1.29, 1.82) is 0 Å². The van der Waals surface area contributed by atoms with Gasteiger partial charge in [-0.2, -0.15) is 13.2 Å². The van der Waals surface area contributed by atoms with Crippen LogP contribution in [0.3, 0.4) is 0 Å². The van der Waals surface area contributed by atoms with Crippen LogP contribution < -0.4 is 0 Å². The second-order valence-corrected chi connectivity index (χ2v) is 4.01. The summed E-state index contributed by atoms with van der Waals surface area (Å²) in [5, 5.41) is -0.0967. The summed E-state index contributed by atoms with van der Waals surface area (Å²) < 4.78 is 37.7. The molecule has 0 fully saturated rings. The van der Waals surface area contributed by atoms with Crippen LogP contribution in [-0.4, -0.2) is 19.9 Å². The lowest BCUT2D eigenvalue weighted by molar-refractivity contribution is -0.0329. The van der Waals surface area contributed by atoms with Crippen LogP contribution in [-0.2, 0) is 0 Å². The highest BCUT2D eigenvalue weighted by Crippen LogP contribution is 2.35. The van der Waals surface area contributed by atoms with Gasteiger partial charge in [0.1, 0.15) is 17.0 Å². The van der Waals surface area contributed by atoms with Gasteiger partial charge in [0.15, 0.2) is 0 Å². The van der Waals surface area contributed by atoms with Crippen molar-refractivity contribution in [2.24, 2.45) is 0 Å². The number of aromatic nitrogens is 3. The molecule has 0 aliphatic rings. The number of hydrogen-bond acceptors (Lipinski definition) is 3. The van der Waals surface area contributed by atoms with Gasteiger partial charge in [0.25, 0.3) is 0 Å². The molecule has 2 rings (SSSR count). The molecule has 0 bridgehead atoms. The Bertz CT molecular complexity index is 491. The van der Waals surface area contributed by atoms with Gasteiger partial charge >= 0.3 is 5.51 Å². The summed E-state index contributed by atoms with van der Waals surface area (Å²) in [5.74, 6) is 0. The van der Waals surface area contributed by atoms with Gasteiger partial charge in [-0.05, 0) is 6.92 Å². The summed E-state index contributed by atoms with van der Waals surface area (Å²) in [4.78, 5) is 7.72. The Morgan fingerprint density at radius 1 is 1.40 bits per heavy atom. The minimum atomic E-state index is -4.31. The first kappa shape index (κ1) is 10.3. The lowest BCUT2D eigenvalue weighted by Gasteiger charge is -2.03. The van der Waals surface area contributed by atoms with E-state index in [0.717, 1.165) is 5.69 Å². The number of nitrogens with zero attached hydrogens (tertiary/aromatic N) is 3. The normalized spacial score (nSPS) is 12.3. The average Bonchev–Trinajstić information content (AvgIpc) is 2.40. The van der Waals surface area contributed by atoms with Crippen molar-refractivity contribution >= 4 is 17.4 Å². The van der Waals surface area contributed by atoms with Crippen LogP contribution in [0, 0.1) is 6.92 Å². The fourth-order valence-corrected chi connectivity index (χ4v) is 1.68. The Morgan fingerprint density at radius 3 is 2.80 bits per heavy atom. The molecule has 3 nitrogen and oxygen atoms in total. The standard InChI is InChI=1S/C8H6F3N3S/c1-5-3-14-4-12-7(2-6(14)13-5)15-8(9,10)11/h2-4H,1H3. The third-order valence-corrected chi connectivity index (χ3v) is 2.33. The summed E-state index contributed by atoms with van der Waals surface area (Å²) in [7, 11) is 0. The Morgan fingerprint density at radius 2 is 2.13 bits per heavy atom. The molecule has 0 saturated heterocycles. The smallest absolute Gasteiger partial charge is 0.290 e. The molecule has 15 heavy (non-hydrogen) atoms.